The number of benzene rings is 1. The number of nitrogens with zero attached hydrogens (tertiary/aromatic N) is 2. The highest BCUT2D eigenvalue weighted by atomic mass is 35.5. The van der Waals surface area contributed by atoms with E-state index >= 15 is 0 Å². The summed E-state index contributed by atoms with van der Waals surface area (Å²) in [4.78, 5) is 7.83. The van der Waals surface area contributed by atoms with Gasteiger partial charge in [-0.05, 0) is 30.2 Å². The van der Waals surface area contributed by atoms with Crippen molar-refractivity contribution in [3.8, 4) is 5.75 Å². The summed E-state index contributed by atoms with van der Waals surface area (Å²) < 4.78 is 5.17. The monoisotopic (exact) mass is 283 g/mol. The summed E-state index contributed by atoms with van der Waals surface area (Å²) in [6, 6.07) is 5.69. The second kappa shape index (κ2) is 5.42. The van der Waals surface area contributed by atoms with E-state index in [1.165, 1.54) is 6.20 Å². The molecule has 0 radical (unpaired) electrons. The summed E-state index contributed by atoms with van der Waals surface area (Å²) >= 11 is 11.7. The van der Waals surface area contributed by atoms with E-state index in [0.717, 1.165) is 17.0 Å². The normalized spacial score (nSPS) is 10.2. The van der Waals surface area contributed by atoms with Gasteiger partial charge >= 0.3 is 0 Å². The first kappa shape index (κ1) is 12.9. The molecule has 18 heavy (non-hydrogen) atoms. The van der Waals surface area contributed by atoms with Crippen molar-refractivity contribution in [2.45, 2.75) is 6.92 Å². The Morgan fingerprint density at radius 3 is 2.78 bits per heavy atom. The zero-order valence-corrected chi connectivity index (χ0v) is 11.4. The number of halogens is 2. The first-order valence-corrected chi connectivity index (χ1v) is 5.95. The van der Waals surface area contributed by atoms with E-state index in [9.17, 15) is 0 Å². The van der Waals surface area contributed by atoms with Crippen LogP contribution in [-0.2, 0) is 0 Å². The number of anilines is 2. The lowest BCUT2D eigenvalue weighted by atomic mass is 10.2. The third kappa shape index (κ3) is 2.83. The molecule has 0 bridgehead atoms. The number of hydrogen-bond donors (Lipinski definition) is 1. The molecule has 0 aliphatic rings. The minimum atomic E-state index is 0.141. The van der Waals surface area contributed by atoms with Gasteiger partial charge in [-0.2, -0.15) is 4.98 Å². The van der Waals surface area contributed by atoms with Gasteiger partial charge in [0.2, 0.25) is 5.28 Å². The van der Waals surface area contributed by atoms with Crippen LogP contribution in [0.3, 0.4) is 0 Å². The predicted octanol–water partition coefficient (Wildman–Crippen LogP) is 3.84. The summed E-state index contributed by atoms with van der Waals surface area (Å²) in [5, 5.41) is 3.65. The molecule has 0 fully saturated rings. The minimum Gasteiger partial charge on any atom is -0.497 e. The molecule has 4 nitrogen and oxygen atoms in total. The van der Waals surface area contributed by atoms with Gasteiger partial charge in [0.15, 0.2) is 5.82 Å². The van der Waals surface area contributed by atoms with Crippen LogP contribution in [0.25, 0.3) is 0 Å². The first-order valence-electron chi connectivity index (χ1n) is 5.20. The molecule has 6 heteroatoms. The molecule has 1 aromatic carbocycles. The van der Waals surface area contributed by atoms with Gasteiger partial charge in [0.05, 0.1) is 13.3 Å². The lowest BCUT2D eigenvalue weighted by Gasteiger charge is -2.11. The maximum Gasteiger partial charge on any atom is 0.224 e. The molecule has 0 aliphatic carbocycles. The highest BCUT2D eigenvalue weighted by Crippen LogP contribution is 2.28. The van der Waals surface area contributed by atoms with Crippen LogP contribution in [0.4, 0.5) is 11.5 Å². The van der Waals surface area contributed by atoms with E-state index in [4.69, 9.17) is 27.9 Å². The summed E-state index contributed by atoms with van der Waals surface area (Å²) in [6.07, 6.45) is 1.45. The summed E-state index contributed by atoms with van der Waals surface area (Å²) in [6.45, 7) is 1.97. The Balaban J connectivity index is 2.36. The van der Waals surface area contributed by atoms with Crippen LogP contribution >= 0.6 is 23.2 Å². The summed E-state index contributed by atoms with van der Waals surface area (Å²) in [5.74, 6) is 1.22. The molecule has 2 rings (SSSR count). The largest absolute Gasteiger partial charge is 0.497 e. The van der Waals surface area contributed by atoms with Crippen molar-refractivity contribution in [2.24, 2.45) is 0 Å². The fourth-order valence-electron chi connectivity index (χ4n) is 1.42. The highest BCUT2D eigenvalue weighted by Gasteiger charge is 2.07. The fourth-order valence-corrected chi connectivity index (χ4v) is 1.70. The van der Waals surface area contributed by atoms with Crippen molar-refractivity contribution < 1.29 is 4.74 Å². The minimum absolute atomic E-state index is 0.141. The molecular formula is C12H11Cl2N3O. The van der Waals surface area contributed by atoms with Gasteiger partial charge in [0.25, 0.3) is 0 Å². The molecule has 1 aromatic heterocycles. The van der Waals surface area contributed by atoms with Gasteiger partial charge in [-0.25, -0.2) is 4.98 Å². The number of aromatic nitrogens is 2. The number of rotatable bonds is 3. The molecule has 0 spiro atoms. The lowest BCUT2D eigenvalue weighted by molar-refractivity contribution is 0.415. The third-order valence-corrected chi connectivity index (χ3v) is 2.87. The Labute approximate surface area is 115 Å². The van der Waals surface area contributed by atoms with E-state index in [1.807, 2.05) is 25.1 Å². The molecule has 0 saturated heterocycles. The maximum absolute atomic E-state index is 5.99. The van der Waals surface area contributed by atoms with Gasteiger partial charge in [-0.15, -0.1) is 0 Å². The Morgan fingerprint density at radius 2 is 2.06 bits per heavy atom. The molecule has 2 aromatic rings. The van der Waals surface area contributed by atoms with E-state index in [0.29, 0.717) is 10.8 Å². The zero-order valence-electron chi connectivity index (χ0n) is 9.87. The molecule has 0 amide bonds. The average Bonchev–Trinajstić information content (AvgIpc) is 2.36. The van der Waals surface area contributed by atoms with Crippen LogP contribution in [0.5, 0.6) is 5.75 Å². The van der Waals surface area contributed by atoms with Crippen molar-refractivity contribution in [3.63, 3.8) is 0 Å². The Bertz CT molecular complexity index is 575. The van der Waals surface area contributed by atoms with Gasteiger partial charge in [-0.1, -0.05) is 17.7 Å². The van der Waals surface area contributed by atoms with Crippen molar-refractivity contribution in [1.82, 2.24) is 9.97 Å². The number of ether oxygens (including phenoxy) is 1. The van der Waals surface area contributed by atoms with Crippen LogP contribution in [0.1, 0.15) is 5.56 Å². The Morgan fingerprint density at radius 1 is 1.28 bits per heavy atom. The third-order valence-electron chi connectivity index (χ3n) is 2.41. The van der Waals surface area contributed by atoms with Crippen LogP contribution in [-0.4, -0.2) is 17.1 Å². The Hall–Kier alpha value is -1.52. The molecule has 0 saturated carbocycles. The van der Waals surface area contributed by atoms with Crippen molar-refractivity contribution in [2.75, 3.05) is 12.4 Å². The molecular weight excluding hydrogens is 273 g/mol. The second-order valence-electron chi connectivity index (χ2n) is 3.64. The quantitative estimate of drug-likeness (QED) is 0.870. The van der Waals surface area contributed by atoms with Gasteiger partial charge < -0.3 is 10.1 Å². The number of hydrogen-bond acceptors (Lipinski definition) is 4. The number of nitrogens with one attached hydrogen (secondary N) is 1. The summed E-state index contributed by atoms with van der Waals surface area (Å²) in [5.41, 5.74) is 1.90. The average molecular weight is 284 g/mol. The van der Waals surface area contributed by atoms with E-state index in [-0.39, 0.29) is 5.28 Å². The SMILES string of the molecule is COc1ccc(C)c(Nc2nc(Cl)ncc2Cl)c1. The molecule has 0 aliphatic heterocycles. The van der Waals surface area contributed by atoms with Crippen LogP contribution in [0.2, 0.25) is 10.3 Å². The molecule has 1 heterocycles. The molecule has 0 unspecified atom stereocenters. The first-order chi connectivity index (χ1) is 8.60. The zero-order chi connectivity index (χ0) is 13.1. The molecule has 1 N–H and O–H groups in total. The fraction of sp³-hybridized carbons (Fsp3) is 0.167. The van der Waals surface area contributed by atoms with E-state index in [2.05, 4.69) is 15.3 Å². The Kier molecular flexibility index (Phi) is 3.89. The van der Waals surface area contributed by atoms with Crippen molar-refractivity contribution in [1.29, 1.82) is 0 Å². The number of aryl methyl sites for hydroxylation is 1. The van der Waals surface area contributed by atoms with Crippen LogP contribution in [0, 0.1) is 6.92 Å². The van der Waals surface area contributed by atoms with Gasteiger partial charge in [-0.3, -0.25) is 0 Å². The smallest absolute Gasteiger partial charge is 0.224 e. The van der Waals surface area contributed by atoms with Crippen molar-refractivity contribution in [3.05, 3.63) is 40.3 Å². The topological polar surface area (TPSA) is 47.0 Å². The van der Waals surface area contributed by atoms with Crippen molar-refractivity contribution >= 4 is 34.7 Å². The maximum atomic E-state index is 5.99. The number of methoxy groups -OCH3 is 1. The summed E-state index contributed by atoms with van der Waals surface area (Å²) in [7, 11) is 1.61. The van der Waals surface area contributed by atoms with Crippen LogP contribution < -0.4 is 10.1 Å². The second-order valence-corrected chi connectivity index (χ2v) is 4.39. The van der Waals surface area contributed by atoms with Gasteiger partial charge in [0.1, 0.15) is 10.8 Å². The standard InChI is InChI=1S/C12H11Cl2N3O/c1-7-3-4-8(18-2)5-10(7)16-11-9(13)6-15-12(14)17-11/h3-6H,1-2H3,(H,15,16,17). The molecule has 94 valence electrons. The van der Waals surface area contributed by atoms with Gasteiger partial charge in [0, 0.05) is 11.8 Å². The highest BCUT2D eigenvalue weighted by molar-refractivity contribution is 6.33. The predicted molar refractivity (Wildman–Crippen MR) is 73.1 cm³/mol. The van der Waals surface area contributed by atoms with Crippen LogP contribution in [0.15, 0.2) is 24.4 Å². The van der Waals surface area contributed by atoms with E-state index < -0.39 is 0 Å². The molecule has 0 atom stereocenters. The van der Waals surface area contributed by atoms with E-state index in [1.54, 1.807) is 7.11 Å². The lowest BCUT2D eigenvalue weighted by Crippen LogP contribution is -1.98.